The van der Waals surface area contributed by atoms with Gasteiger partial charge in [-0.25, -0.2) is 0 Å². The second kappa shape index (κ2) is 6.09. The minimum absolute atomic E-state index is 0.601. The van der Waals surface area contributed by atoms with Crippen LogP contribution in [0.25, 0.3) is 0 Å². The number of allylic oxidation sites excluding steroid dienone is 5. The standard InChI is InChI=1S/C16H27N/c1-6-13(5)16-10-15(17)9-12(4)8-14(16)7-11(2)3/h8,10-11,13H,6-7,9,17H2,1-5H3. The highest BCUT2D eigenvalue weighted by Crippen LogP contribution is 2.30. The fraction of sp³-hybridized carbons (Fsp3) is 0.625. The molecule has 1 aliphatic rings. The molecule has 96 valence electrons. The van der Waals surface area contributed by atoms with Crippen LogP contribution in [0.5, 0.6) is 0 Å². The summed E-state index contributed by atoms with van der Waals surface area (Å²) in [6.07, 6.45) is 7.83. The molecule has 0 aromatic heterocycles. The Morgan fingerprint density at radius 1 is 1.24 bits per heavy atom. The summed E-state index contributed by atoms with van der Waals surface area (Å²) >= 11 is 0. The van der Waals surface area contributed by atoms with Gasteiger partial charge in [-0.2, -0.15) is 0 Å². The van der Waals surface area contributed by atoms with Crippen molar-refractivity contribution in [3.05, 3.63) is 34.6 Å². The Balaban J connectivity index is 3.18. The second-order valence-corrected chi connectivity index (χ2v) is 5.77. The van der Waals surface area contributed by atoms with E-state index in [2.05, 4.69) is 46.8 Å². The molecule has 1 nitrogen and oxygen atoms in total. The monoisotopic (exact) mass is 233 g/mol. The van der Waals surface area contributed by atoms with E-state index < -0.39 is 0 Å². The Morgan fingerprint density at radius 2 is 1.88 bits per heavy atom. The van der Waals surface area contributed by atoms with Crippen LogP contribution in [0.15, 0.2) is 34.6 Å². The summed E-state index contributed by atoms with van der Waals surface area (Å²) in [5.74, 6) is 1.30. The highest BCUT2D eigenvalue weighted by Gasteiger charge is 2.14. The predicted molar refractivity (Wildman–Crippen MR) is 76.6 cm³/mol. The van der Waals surface area contributed by atoms with Gasteiger partial charge in [0.25, 0.3) is 0 Å². The third kappa shape index (κ3) is 4.07. The van der Waals surface area contributed by atoms with Gasteiger partial charge in [0.1, 0.15) is 0 Å². The van der Waals surface area contributed by atoms with Crippen LogP contribution in [0.2, 0.25) is 0 Å². The van der Waals surface area contributed by atoms with Crippen molar-refractivity contribution in [2.24, 2.45) is 17.6 Å². The van der Waals surface area contributed by atoms with Crippen molar-refractivity contribution in [1.29, 1.82) is 0 Å². The quantitative estimate of drug-likeness (QED) is 0.756. The second-order valence-electron chi connectivity index (χ2n) is 5.77. The van der Waals surface area contributed by atoms with Crippen molar-refractivity contribution in [3.8, 4) is 0 Å². The first-order valence-corrected chi connectivity index (χ1v) is 6.80. The average molecular weight is 233 g/mol. The van der Waals surface area contributed by atoms with Crippen LogP contribution in [0.3, 0.4) is 0 Å². The minimum Gasteiger partial charge on any atom is -0.402 e. The van der Waals surface area contributed by atoms with Crippen molar-refractivity contribution in [2.45, 2.75) is 53.9 Å². The molecule has 0 saturated carbocycles. The van der Waals surface area contributed by atoms with Crippen LogP contribution in [0, 0.1) is 11.8 Å². The molecule has 0 aromatic rings. The fourth-order valence-electron chi connectivity index (χ4n) is 2.39. The van der Waals surface area contributed by atoms with Crippen molar-refractivity contribution < 1.29 is 0 Å². The normalized spacial score (nSPS) is 18.9. The molecule has 0 bridgehead atoms. The molecule has 0 heterocycles. The Hall–Kier alpha value is -0.980. The van der Waals surface area contributed by atoms with Gasteiger partial charge >= 0.3 is 0 Å². The van der Waals surface area contributed by atoms with Gasteiger partial charge in [0, 0.05) is 12.1 Å². The van der Waals surface area contributed by atoms with Gasteiger partial charge in [0.2, 0.25) is 0 Å². The maximum absolute atomic E-state index is 6.09. The average Bonchev–Trinajstić information content (AvgIpc) is 2.35. The Bertz CT molecular complexity index is 356. The molecule has 1 aliphatic carbocycles. The van der Waals surface area contributed by atoms with Crippen LogP contribution < -0.4 is 5.73 Å². The zero-order valence-electron chi connectivity index (χ0n) is 12.0. The van der Waals surface area contributed by atoms with E-state index in [-0.39, 0.29) is 0 Å². The third-order valence-corrected chi connectivity index (χ3v) is 3.39. The maximum Gasteiger partial charge on any atom is 0.0125 e. The lowest BCUT2D eigenvalue weighted by molar-refractivity contribution is 0.620. The van der Waals surface area contributed by atoms with Gasteiger partial charge in [-0.1, -0.05) is 39.3 Å². The Morgan fingerprint density at radius 3 is 2.41 bits per heavy atom. The maximum atomic E-state index is 6.09. The molecular weight excluding hydrogens is 206 g/mol. The van der Waals surface area contributed by atoms with Crippen molar-refractivity contribution in [1.82, 2.24) is 0 Å². The van der Waals surface area contributed by atoms with Crippen molar-refractivity contribution in [3.63, 3.8) is 0 Å². The van der Waals surface area contributed by atoms with E-state index >= 15 is 0 Å². The molecule has 1 heteroatoms. The lowest BCUT2D eigenvalue weighted by atomic mass is 9.89. The van der Waals surface area contributed by atoms with Gasteiger partial charge < -0.3 is 5.73 Å². The summed E-state index contributed by atoms with van der Waals surface area (Å²) < 4.78 is 0. The smallest absolute Gasteiger partial charge is 0.0125 e. The molecule has 1 unspecified atom stereocenters. The first-order chi connectivity index (χ1) is 7.93. The summed E-state index contributed by atoms with van der Waals surface area (Å²) in [6, 6.07) is 0. The lowest BCUT2D eigenvalue weighted by Crippen LogP contribution is -2.03. The third-order valence-electron chi connectivity index (χ3n) is 3.39. The van der Waals surface area contributed by atoms with Crippen LogP contribution in [0.1, 0.15) is 53.9 Å². The summed E-state index contributed by atoms with van der Waals surface area (Å²) in [5, 5.41) is 0. The molecular formula is C16H27N. The molecule has 0 fully saturated rings. The van der Waals surface area contributed by atoms with E-state index in [9.17, 15) is 0 Å². The highest BCUT2D eigenvalue weighted by molar-refractivity contribution is 5.41. The zero-order chi connectivity index (χ0) is 13.0. The molecule has 1 atom stereocenters. The van der Waals surface area contributed by atoms with Gasteiger partial charge in [0.05, 0.1) is 0 Å². The van der Waals surface area contributed by atoms with E-state index in [1.807, 2.05) is 0 Å². The van der Waals surface area contributed by atoms with E-state index in [0.29, 0.717) is 11.8 Å². The summed E-state index contributed by atoms with van der Waals surface area (Å²) in [6.45, 7) is 11.3. The largest absolute Gasteiger partial charge is 0.402 e. The highest BCUT2D eigenvalue weighted by atomic mass is 14.6. The molecule has 0 aromatic carbocycles. The molecule has 0 aliphatic heterocycles. The van der Waals surface area contributed by atoms with Crippen molar-refractivity contribution in [2.75, 3.05) is 0 Å². The first kappa shape index (κ1) is 14.1. The minimum atomic E-state index is 0.601. The summed E-state index contributed by atoms with van der Waals surface area (Å²) in [4.78, 5) is 0. The number of nitrogens with two attached hydrogens (primary N) is 1. The fourth-order valence-corrected chi connectivity index (χ4v) is 2.39. The number of hydrogen-bond donors (Lipinski definition) is 1. The molecule has 0 spiro atoms. The zero-order valence-corrected chi connectivity index (χ0v) is 12.0. The molecule has 0 radical (unpaired) electrons. The van der Waals surface area contributed by atoms with Gasteiger partial charge in [-0.15, -0.1) is 0 Å². The van der Waals surface area contributed by atoms with E-state index in [4.69, 9.17) is 5.73 Å². The SMILES string of the molecule is CCC(C)C1=C(CC(C)C)C=C(C)CC(N)=C1. The van der Waals surface area contributed by atoms with Gasteiger partial charge in [0.15, 0.2) is 0 Å². The van der Waals surface area contributed by atoms with Crippen LogP contribution >= 0.6 is 0 Å². The molecule has 0 amide bonds. The van der Waals surface area contributed by atoms with Crippen LogP contribution in [-0.4, -0.2) is 0 Å². The summed E-state index contributed by atoms with van der Waals surface area (Å²) in [7, 11) is 0. The molecule has 2 N–H and O–H groups in total. The molecule has 1 rings (SSSR count). The number of hydrogen-bond acceptors (Lipinski definition) is 1. The van der Waals surface area contributed by atoms with Gasteiger partial charge in [-0.05, 0) is 48.8 Å². The van der Waals surface area contributed by atoms with Crippen LogP contribution in [0.4, 0.5) is 0 Å². The Labute approximate surface area is 106 Å². The lowest BCUT2D eigenvalue weighted by Gasteiger charge is -2.16. The van der Waals surface area contributed by atoms with Gasteiger partial charge in [-0.3, -0.25) is 0 Å². The van der Waals surface area contributed by atoms with E-state index in [0.717, 1.165) is 18.5 Å². The topological polar surface area (TPSA) is 26.0 Å². The summed E-state index contributed by atoms with van der Waals surface area (Å²) in [5.41, 5.74) is 11.4. The van der Waals surface area contributed by atoms with Crippen LogP contribution in [-0.2, 0) is 0 Å². The number of rotatable bonds is 4. The first-order valence-electron chi connectivity index (χ1n) is 6.80. The molecule has 17 heavy (non-hydrogen) atoms. The molecule has 0 saturated heterocycles. The Kier molecular flexibility index (Phi) is 5.04. The van der Waals surface area contributed by atoms with E-state index in [1.54, 1.807) is 0 Å². The van der Waals surface area contributed by atoms with Crippen molar-refractivity contribution >= 4 is 0 Å². The van der Waals surface area contributed by atoms with E-state index in [1.165, 1.54) is 23.1 Å². The predicted octanol–water partition coefficient (Wildman–Crippen LogP) is 4.57.